The first kappa shape index (κ1) is 13.8. The molecule has 0 fully saturated rings. The van der Waals surface area contributed by atoms with E-state index in [2.05, 4.69) is 9.05 Å². The van der Waals surface area contributed by atoms with E-state index in [1.165, 1.54) is 14.2 Å². The van der Waals surface area contributed by atoms with Crippen molar-refractivity contribution < 1.29 is 23.1 Å². The third-order valence-electron chi connectivity index (χ3n) is 1.73. The largest absolute Gasteiger partial charge is 0.385 e. The van der Waals surface area contributed by atoms with Crippen molar-refractivity contribution in [1.82, 2.24) is 0 Å². The minimum absolute atomic E-state index is 0.130. The Hall–Kier alpha value is -0.220. The van der Waals surface area contributed by atoms with Crippen LogP contribution in [0.4, 0.5) is 0 Å². The van der Waals surface area contributed by atoms with Crippen LogP contribution in [0.3, 0.4) is 0 Å². The standard InChI is InChI=1S/C8H17O5P/c1-11-6-4-5-8(9)7-14(10,12-2)13-3/h4-7H2,1-3H3. The summed E-state index contributed by atoms with van der Waals surface area (Å²) in [7, 11) is 0.934. The molecule has 0 rings (SSSR count). The molecule has 0 heterocycles. The summed E-state index contributed by atoms with van der Waals surface area (Å²) in [6, 6.07) is 0. The van der Waals surface area contributed by atoms with Gasteiger partial charge in [-0.25, -0.2) is 0 Å². The van der Waals surface area contributed by atoms with Crippen LogP contribution in [0, 0.1) is 0 Å². The number of hydrogen-bond donors (Lipinski definition) is 0. The van der Waals surface area contributed by atoms with Crippen molar-refractivity contribution in [3.05, 3.63) is 0 Å². The van der Waals surface area contributed by atoms with E-state index >= 15 is 0 Å². The molecule has 0 saturated carbocycles. The molecule has 0 aromatic heterocycles. The molecule has 0 unspecified atom stereocenters. The number of ketones is 1. The SMILES string of the molecule is COCCCC(=O)CP(=O)(OC)OC. The van der Waals surface area contributed by atoms with Crippen molar-refractivity contribution in [2.75, 3.05) is 34.1 Å². The second-order valence-electron chi connectivity index (χ2n) is 2.77. The second kappa shape index (κ2) is 7.12. The van der Waals surface area contributed by atoms with Crippen molar-refractivity contribution in [3.63, 3.8) is 0 Å². The quantitative estimate of drug-likeness (QED) is 0.461. The van der Waals surface area contributed by atoms with E-state index in [1.807, 2.05) is 0 Å². The van der Waals surface area contributed by atoms with E-state index < -0.39 is 7.60 Å². The van der Waals surface area contributed by atoms with Crippen molar-refractivity contribution >= 4 is 13.4 Å². The van der Waals surface area contributed by atoms with Crippen LogP contribution in [-0.4, -0.2) is 39.9 Å². The lowest BCUT2D eigenvalue weighted by molar-refractivity contribution is -0.117. The maximum Gasteiger partial charge on any atom is 0.337 e. The lowest BCUT2D eigenvalue weighted by Crippen LogP contribution is -2.08. The fourth-order valence-electron chi connectivity index (χ4n) is 0.912. The van der Waals surface area contributed by atoms with Gasteiger partial charge in [0.25, 0.3) is 0 Å². The molecule has 0 amide bonds. The molecule has 0 spiro atoms. The summed E-state index contributed by atoms with van der Waals surface area (Å²) in [6.45, 7) is 0.524. The zero-order valence-electron chi connectivity index (χ0n) is 8.82. The van der Waals surface area contributed by atoms with Crippen LogP contribution in [0.1, 0.15) is 12.8 Å². The Morgan fingerprint density at radius 3 is 2.21 bits per heavy atom. The van der Waals surface area contributed by atoms with Gasteiger partial charge in [-0.15, -0.1) is 0 Å². The smallest absolute Gasteiger partial charge is 0.337 e. The van der Waals surface area contributed by atoms with Gasteiger partial charge in [0, 0.05) is 34.4 Å². The normalized spacial score (nSPS) is 11.6. The van der Waals surface area contributed by atoms with E-state index in [0.29, 0.717) is 19.4 Å². The number of methoxy groups -OCH3 is 1. The van der Waals surface area contributed by atoms with Crippen LogP contribution < -0.4 is 0 Å². The van der Waals surface area contributed by atoms with Crippen LogP contribution in [0.2, 0.25) is 0 Å². The van der Waals surface area contributed by atoms with Crippen molar-refractivity contribution in [1.29, 1.82) is 0 Å². The van der Waals surface area contributed by atoms with Gasteiger partial charge in [-0.3, -0.25) is 9.36 Å². The average Bonchev–Trinajstić information content (AvgIpc) is 2.18. The van der Waals surface area contributed by atoms with Gasteiger partial charge in [-0.05, 0) is 6.42 Å². The second-order valence-corrected chi connectivity index (χ2v) is 5.04. The minimum atomic E-state index is -3.18. The Morgan fingerprint density at radius 2 is 1.79 bits per heavy atom. The molecule has 0 radical (unpaired) electrons. The molecule has 0 aromatic rings. The number of Topliss-reactive ketones (excluding diaryl/α,β-unsaturated/α-hetero) is 1. The van der Waals surface area contributed by atoms with Crippen LogP contribution in [-0.2, 0) is 23.1 Å². The molecule has 5 nitrogen and oxygen atoms in total. The first-order valence-electron chi connectivity index (χ1n) is 4.29. The molecule has 0 N–H and O–H groups in total. The summed E-state index contributed by atoms with van der Waals surface area (Å²) in [5.41, 5.74) is 0. The maximum absolute atomic E-state index is 11.5. The highest BCUT2D eigenvalue weighted by molar-refractivity contribution is 7.54. The fourth-order valence-corrected chi connectivity index (χ4v) is 1.91. The van der Waals surface area contributed by atoms with Crippen molar-refractivity contribution in [2.24, 2.45) is 0 Å². The molecule has 0 saturated heterocycles. The summed E-state index contributed by atoms with van der Waals surface area (Å²) >= 11 is 0. The maximum atomic E-state index is 11.5. The van der Waals surface area contributed by atoms with E-state index in [9.17, 15) is 9.36 Å². The van der Waals surface area contributed by atoms with Crippen LogP contribution in [0.5, 0.6) is 0 Å². The predicted molar refractivity (Wildman–Crippen MR) is 52.6 cm³/mol. The molecular weight excluding hydrogens is 207 g/mol. The Bertz CT molecular complexity index is 208. The highest BCUT2D eigenvalue weighted by Crippen LogP contribution is 2.46. The van der Waals surface area contributed by atoms with E-state index in [-0.39, 0.29) is 11.9 Å². The van der Waals surface area contributed by atoms with Crippen LogP contribution in [0.15, 0.2) is 0 Å². The number of carbonyl (C=O) groups excluding carboxylic acids is 1. The topological polar surface area (TPSA) is 61.8 Å². The molecule has 0 aromatic carbocycles. The number of ether oxygens (including phenoxy) is 1. The van der Waals surface area contributed by atoms with Crippen molar-refractivity contribution in [3.8, 4) is 0 Å². The highest BCUT2D eigenvalue weighted by Gasteiger charge is 2.24. The summed E-state index contributed by atoms with van der Waals surface area (Å²) in [6.07, 6.45) is 0.803. The highest BCUT2D eigenvalue weighted by atomic mass is 31.2. The first-order valence-corrected chi connectivity index (χ1v) is 6.02. The van der Waals surface area contributed by atoms with Crippen molar-refractivity contribution in [2.45, 2.75) is 12.8 Å². The molecule has 0 aliphatic heterocycles. The lowest BCUT2D eigenvalue weighted by Gasteiger charge is -2.12. The molecule has 84 valence electrons. The van der Waals surface area contributed by atoms with Gasteiger partial charge in [0.2, 0.25) is 0 Å². The number of hydrogen-bond acceptors (Lipinski definition) is 5. The Morgan fingerprint density at radius 1 is 1.21 bits per heavy atom. The molecule has 0 aliphatic carbocycles. The first-order chi connectivity index (χ1) is 6.58. The van der Waals surface area contributed by atoms with Gasteiger partial charge >= 0.3 is 7.60 Å². The molecular formula is C8H17O5P. The zero-order valence-corrected chi connectivity index (χ0v) is 9.71. The lowest BCUT2D eigenvalue weighted by atomic mass is 10.2. The predicted octanol–water partition coefficient (Wildman–Crippen LogP) is 1.47. The summed E-state index contributed by atoms with van der Waals surface area (Å²) in [5, 5.41) is 0. The number of carbonyl (C=O) groups is 1. The van der Waals surface area contributed by atoms with E-state index in [4.69, 9.17) is 4.74 Å². The van der Waals surface area contributed by atoms with Gasteiger partial charge in [-0.2, -0.15) is 0 Å². The zero-order chi connectivity index (χ0) is 11.0. The molecule has 6 heteroatoms. The summed E-state index contributed by atoms with van der Waals surface area (Å²) < 4.78 is 25.6. The summed E-state index contributed by atoms with van der Waals surface area (Å²) in [4.78, 5) is 11.3. The van der Waals surface area contributed by atoms with Crippen LogP contribution >= 0.6 is 7.60 Å². The van der Waals surface area contributed by atoms with Gasteiger partial charge in [0.15, 0.2) is 0 Å². The van der Waals surface area contributed by atoms with Gasteiger partial charge in [0.05, 0.1) is 0 Å². The van der Waals surface area contributed by atoms with Gasteiger partial charge < -0.3 is 13.8 Å². The van der Waals surface area contributed by atoms with Crippen LogP contribution in [0.25, 0.3) is 0 Å². The van der Waals surface area contributed by atoms with E-state index in [0.717, 1.165) is 0 Å². The Labute approximate surface area is 84.3 Å². The van der Waals surface area contributed by atoms with Gasteiger partial charge in [0.1, 0.15) is 11.9 Å². The molecule has 0 bridgehead atoms. The molecule has 14 heavy (non-hydrogen) atoms. The van der Waals surface area contributed by atoms with E-state index in [1.54, 1.807) is 7.11 Å². The molecule has 0 aliphatic rings. The Kier molecular flexibility index (Phi) is 7.01. The fraction of sp³-hybridized carbons (Fsp3) is 0.875. The Balaban J connectivity index is 3.86. The summed E-state index contributed by atoms with van der Waals surface area (Å²) in [5.74, 6) is -0.130. The third-order valence-corrected chi connectivity index (χ3v) is 3.58. The monoisotopic (exact) mass is 224 g/mol. The minimum Gasteiger partial charge on any atom is -0.385 e. The third kappa shape index (κ3) is 5.50. The average molecular weight is 224 g/mol. The number of rotatable bonds is 8. The molecule has 0 atom stereocenters. The van der Waals surface area contributed by atoms with Gasteiger partial charge in [-0.1, -0.05) is 0 Å².